The molecule has 2 rings (SSSR count). The van der Waals surface area contributed by atoms with Gasteiger partial charge >= 0.3 is 0 Å². The van der Waals surface area contributed by atoms with Crippen LogP contribution in [0.5, 0.6) is 5.75 Å². The van der Waals surface area contributed by atoms with Gasteiger partial charge in [-0.3, -0.25) is 0 Å². The smallest absolute Gasteiger partial charge is 0.223 e. The first-order chi connectivity index (χ1) is 9.62. The van der Waals surface area contributed by atoms with Gasteiger partial charge in [0.05, 0.1) is 19.8 Å². The van der Waals surface area contributed by atoms with Crippen LogP contribution in [0.4, 0.5) is 5.95 Å². The van der Waals surface area contributed by atoms with Crippen molar-refractivity contribution < 1.29 is 9.84 Å². The summed E-state index contributed by atoms with van der Waals surface area (Å²) in [7, 11) is 1.63. The molecule has 1 heterocycles. The molecule has 0 bridgehead atoms. The molecule has 106 valence electrons. The van der Waals surface area contributed by atoms with Crippen molar-refractivity contribution in [2.75, 3.05) is 19.0 Å². The van der Waals surface area contributed by atoms with Crippen LogP contribution >= 0.6 is 0 Å². The van der Waals surface area contributed by atoms with Crippen LogP contribution < -0.4 is 10.1 Å². The Hall–Kier alpha value is -2.14. The number of aromatic nitrogens is 2. The minimum atomic E-state index is -0.248. The van der Waals surface area contributed by atoms with E-state index in [1.165, 1.54) is 0 Å². The van der Waals surface area contributed by atoms with Crippen molar-refractivity contribution in [3.63, 3.8) is 0 Å². The molecule has 2 N–H and O–H groups in total. The highest BCUT2D eigenvalue weighted by Crippen LogP contribution is 2.20. The fourth-order valence-electron chi connectivity index (χ4n) is 2.02. The lowest BCUT2D eigenvalue weighted by Gasteiger charge is -2.17. The van der Waals surface area contributed by atoms with Crippen LogP contribution in [0.25, 0.3) is 0 Å². The lowest BCUT2D eigenvalue weighted by atomic mass is 10.1. The van der Waals surface area contributed by atoms with Crippen LogP contribution in [0.1, 0.15) is 23.0 Å². The van der Waals surface area contributed by atoms with E-state index in [1.807, 2.05) is 44.2 Å². The zero-order valence-electron chi connectivity index (χ0n) is 11.9. The van der Waals surface area contributed by atoms with Crippen molar-refractivity contribution in [3.8, 4) is 5.75 Å². The van der Waals surface area contributed by atoms with Gasteiger partial charge in [-0.2, -0.15) is 0 Å². The van der Waals surface area contributed by atoms with Crippen LogP contribution in [0.2, 0.25) is 0 Å². The molecule has 0 saturated heterocycles. The second-order valence-corrected chi connectivity index (χ2v) is 4.63. The van der Waals surface area contributed by atoms with E-state index in [9.17, 15) is 5.11 Å². The Morgan fingerprint density at radius 2 is 1.75 bits per heavy atom. The average Bonchev–Trinajstić information content (AvgIpc) is 2.44. The third kappa shape index (κ3) is 3.45. The predicted octanol–water partition coefficient (Wildman–Crippen LogP) is 2.25. The van der Waals surface area contributed by atoms with Gasteiger partial charge in [0.15, 0.2) is 0 Å². The number of hydrogen-bond acceptors (Lipinski definition) is 5. The molecule has 0 radical (unpaired) electrons. The van der Waals surface area contributed by atoms with E-state index in [0.717, 1.165) is 22.7 Å². The fraction of sp³-hybridized carbons (Fsp3) is 0.333. The van der Waals surface area contributed by atoms with Crippen molar-refractivity contribution >= 4 is 5.95 Å². The van der Waals surface area contributed by atoms with Gasteiger partial charge in [0, 0.05) is 11.4 Å². The van der Waals surface area contributed by atoms with Crippen LogP contribution in [0, 0.1) is 13.8 Å². The molecule has 1 aromatic heterocycles. The molecule has 0 aliphatic rings. The summed E-state index contributed by atoms with van der Waals surface area (Å²) in [6.45, 7) is 3.80. The molecule has 5 nitrogen and oxygen atoms in total. The minimum Gasteiger partial charge on any atom is -0.497 e. The molecule has 1 atom stereocenters. The molecule has 0 spiro atoms. The third-order valence-electron chi connectivity index (χ3n) is 2.99. The average molecular weight is 273 g/mol. The molecule has 0 aliphatic heterocycles. The molecule has 0 unspecified atom stereocenters. The summed E-state index contributed by atoms with van der Waals surface area (Å²) in [6, 6.07) is 9.21. The number of benzene rings is 1. The number of nitrogens with one attached hydrogen (secondary N) is 1. The van der Waals surface area contributed by atoms with E-state index in [0.29, 0.717) is 5.95 Å². The van der Waals surface area contributed by atoms with Crippen molar-refractivity contribution in [1.29, 1.82) is 0 Å². The van der Waals surface area contributed by atoms with E-state index in [2.05, 4.69) is 15.3 Å². The first-order valence-corrected chi connectivity index (χ1v) is 6.46. The Kier molecular flexibility index (Phi) is 4.53. The minimum absolute atomic E-state index is 0.0390. The molecule has 0 amide bonds. The van der Waals surface area contributed by atoms with Crippen LogP contribution in [-0.4, -0.2) is 28.8 Å². The molecule has 20 heavy (non-hydrogen) atoms. The SMILES string of the molecule is COc1ccc([C@@H](CO)Nc2nc(C)cc(C)n2)cc1. The van der Waals surface area contributed by atoms with E-state index in [1.54, 1.807) is 7.11 Å². The Balaban J connectivity index is 2.19. The van der Waals surface area contributed by atoms with E-state index in [-0.39, 0.29) is 12.6 Å². The Bertz CT molecular complexity index is 550. The summed E-state index contributed by atoms with van der Waals surface area (Å²) < 4.78 is 5.12. The van der Waals surface area contributed by atoms with Crippen molar-refractivity contribution in [2.45, 2.75) is 19.9 Å². The number of hydrogen-bond donors (Lipinski definition) is 2. The van der Waals surface area contributed by atoms with Gasteiger partial charge in [-0.15, -0.1) is 0 Å². The summed E-state index contributed by atoms with van der Waals surface area (Å²) in [5, 5.41) is 12.7. The molecular weight excluding hydrogens is 254 g/mol. The molecule has 0 aliphatic carbocycles. The summed E-state index contributed by atoms with van der Waals surface area (Å²) in [5.41, 5.74) is 2.74. The highest BCUT2D eigenvalue weighted by molar-refractivity contribution is 5.36. The molecule has 1 aromatic carbocycles. The van der Waals surface area contributed by atoms with E-state index in [4.69, 9.17) is 4.74 Å². The maximum absolute atomic E-state index is 9.56. The molecule has 5 heteroatoms. The van der Waals surface area contributed by atoms with Gasteiger partial charge < -0.3 is 15.2 Å². The summed E-state index contributed by atoms with van der Waals surface area (Å²) in [6.07, 6.45) is 0. The van der Waals surface area contributed by atoms with Crippen molar-refractivity contribution in [3.05, 3.63) is 47.3 Å². The standard InChI is InChI=1S/C15H19N3O2/c1-10-8-11(2)17-15(16-10)18-14(9-19)12-4-6-13(20-3)7-5-12/h4-8,14,19H,9H2,1-3H3,(H,16,17,18)/t14-/m1/s1. The number of aryl methyl sites for hydroxylation is 2. The summed E-state index contributed by atoms with van der Waals surface area (Å²) >= 11 is 0. The molecule has 0 saturated carbocycles. The molecule has 0 fully saturated rings. The Morgan fingerprint density at radius 3 is 2.25 bits per heavy atom. The van der Waals surface area contributed by atoms with Gasteiger partial charge in [-0.25, -0.2) is 9.97 Å². The zero-order chi connectivity index (χ0) is 14.5. The number of aliphatic hydroxyl groups is 1. The summed E-state index contributed by atoms with van der Waals surface area (Å²) in [4.78, 5) is 8.65. The van der Waals surface area contributed by atoms with Gasteiger partial charge in [0.1, 0.15) is 5.75 Å². The number of anilines is 1. The first kappa shape index (κ1) is 14.3. The maximum atomic E-state index is 9.56. The number of methoxy groups -OCH3 is 1. The van der Waals surface area contributed by atoms with E-state index < -0.39 is 0 Å². The molecular formula is C15H19N3O2. The van der Waals surface area contributed by atoms with E-state index >= 15 is 0 Å². The van der Waals surface area contributed by atoms with Crippen LogP contribution in [0.3, 0.4) is 0 Å². The second kappa shape index (κ2) is 6.34. The van der Waals surface area contributed by atoms with Crippen LogP contribution in [0.15, 0.2) is 30.3 Å². The predicted molar refractivity (Wildman–Crippen MR) is 77.9 cm³/mol. The van der Waals surface area contributed by atoms with Crippen LogP contribution in [-0.2, 0) is 0 Å². The lowest BCUT2D eigenvalue weighted by molar-refractivity contribution is 0.275. The number of nitrogens with zero attached hydrogens (tertiary/aromatic N) is 2. The van der Waals surface area contributed by atoms with Gasteiger partial charge in [0.2, 0.25) is 5.95 Å². The number of rotatable bonds is 5. The normalized spacial score (nSPS) is 12.0. The topological polar surface area (TPSA) is 67.3 Å². The maximum Gasteiger partial charge on any atom is 0.223 e. The summed E-state index contributed by atoms with van der Waals surface area (Å²) in [5.74, 6) is 1.31. The quantitative estimate of drug-likeness (QED) is 0.874. The van der Waals surface area contributed by atoms with Gasteiger partial charge in [0.25, 0.3) is 0 Å². The third-order valence-corrected chi connectivity index (χ3v) is 2.99. The highest BCUT2D eigenvalue weighted by atomic mass is 16.5. The monoisotopic (exact) mass is 273 g/mol. The second-order valence-electron chi connectivity index (χ2n) is 4.63. The zero-order valence-corrected chi connectivity index (χ0v) is 11.9. The lowest BCUT2D eigenvalue weighted by Crippen LogP contribution is -2.17. The fourth-order valence-corrected chi connectivity index (χ4v) is 2.02. The van der Waals surface area contributed by atoms with Gasteiger partial charge in [-0.05, 0) is 37.6 Å². The Morgan fingerprint density at radius 1 is 1.15 bits per heavy atom. The highest BCUT2D eigenvalue weighted by Gasteiger charge is 2.12. The largest absolute Gasteiger partial charge is 0.497 e. The van der Waals surface area contributed by atoms with Gasteiger partial charge in [-0.1, -0.05) is 12.1 Å². The first-order valence-electron chi connectivity index (χ1n) is 6.46. The molecule has 2 aromatic rings. The number of ether oxygens (including phenoxy) is 1. The Labute approximate surface area is 118 Å². The van der Waals surface area contributed by atoms with Crippen molar-refractivity contribution in [2.24, 2.45) is 0 Å². The number of aliphatic hydroxyl groups excluding tert-OH is 1. The van der Waals surface area contributed by atoms with Crippen molar-refractivity contribution in [1.82, 2.24) is 9.97 Å².